The average Bonchev–Trinajstić information content (AvgIpc) is 3.32. The van der Waals surface area contributed by atoms with Gasteiger partial charge in [0.05, 0.1) is 12.8 Å². The zero-order chi connectivity index (χ0) is 29.1. The Bertz CT molecular complexity index is 1650. The molecule has 0 spiro atoms. The summed E-state index contributed by atoms with van der Waals surface area (Å²) in [6.07, 6.45) is 5.07. The number of allylic oxidation sites excluding steroid dienone is 2. The Morgan fingerprint density at radius 2 is 1.76 bits per heavy atom. The number of ketones is 2. The Kier molecular flexibility index (Phi) is 8.20. The Balaban J connectivity index is 1.48. The first-order valence-corrected chi connectivity index (χ1v) is 13.6. The predicted octanol–water partition coefficient (Wildman–Crippen LogP) is 7.86. The van der Waals surface area contributed by atoms with E-state index < -0.39 is 17.6 Å². The van der Waals surface area contributed by atoms with Crippen LogP contribution in [0.2, 0.25) is 0 Å². The summed E-state index contributed by atoms with van der Waals surface area (Å²) in [5.41, 5.74) is 7.40. The number of ether oxygens (including phenoxy) is 1. The van der Waals surface area contributed by atoms with Gasteiger partial charge >= 0.3 is 0 Å². The minimum Gasteiger partial charge on any atom is -0.496 e. The fraction of sp³-hybridized carbons (Fsp3) is 0.229. The molecular formula is C35H31F2NO3. The van der Waals surface area contributed by atoms with E-state index in [0.717, 1.165) is 51.6 Å². The summed E-state index contributed by atoms with van der Waals surface area (Å²) in [5, 5.41) is 0. The van der Waals surface area contributed by atoms with Crippen LogP contribution in [0.1, 0.15) is 64.0 Å². The second kappa shape index (κ2) is 12.0. The first-order valence-electron chi connectivity index (χ1n) is 13.6. The number of carbonyl (C=O) groups excluding carboxylic acids is 2. The number of aromatic nitrogens is 1. The number of methoxy groups -OCH3 is 1. The van der Waals surface area contributed by atoms with E-state index in [1.54, 1.807) is 31.5 Å². The van der Waals surface area contributed by atoms with E-state index in [4.69, 9.17) is 4.74 Å². The Labute approximate surface area is 238 Å². The molecule has 1 aromatic heterocycles. The highest BCUT2D eigenvalue weighted by Gasteiger charge is 2.25. The number of rotatable bonds is 10. The molecule has 1 atom stereocenters. The monoisotopic (exact) mass is 551 g/mol. The van der Waals surface area contributed by atoms with Crippen LogP contribution in [0.25, 0.3) is 16.7 Å². The maximum atomic E-state index is 14.1. The summed E-state index contributed by atoms with van der Waals surface area (Å²) in [5.74, 6) is -1.07. The normalized spacial score (nSPS) is 13.0. The maximum absolute atomic E-state index is 14.1. The van der Waals surface area contributed by atoms with Crippen LogP contribution in [-0.4, -0.2) is 23.7 Å². The molecule has 0 unspecified atom stereocenters. The van der Waals surface area contributed by atoms with Crippen molar-refractivity contribution in [3.05, 3.63) is 124 Å². The summed E-state index contributed by atoms with van der Waals surface area (Å²) < 4.78 is 33.8. The topological polar surface area (TPSA) is 56.3 Å². The quantitative estimate of drug-likeness (QED) is 0.188. The van der Waals surface area contributed by atoms with Crippen molar-refractivity contribution in [2.24, 2.45) is 0 Å². The third kappa shape index (κ3) is 6.32. The highest BCUT2D eigenvalue weighted by atomic mass is 19.1. The highest BCUT2D eigenvalue weighted by molar-refractivity contribution is 5.95. The third-order valence-electron chi connectivity index (χ3n) is 7.61. The number of pyridine rings is 1. The van der Waals surface area contributed by atoms with Gasteiger partial charge < -0.3 is 4.74 Å². The lowest BCUT2D eigenvalue weighted by Gasteiger charge is -2.20. The van der Waals surface area contributed by atoms with Crippen LogP contribution < -0.4 is 4.74 Å². The molecule has 0 N–H and O–H groups in total. The van der Waals surface area contributed by atoms with Crippen LogP contribution in [0.4, 0.5) is 8.78 Å². The number of benzene rings is 3. The molecule has 0 saturated carbocycles. The lowest BCUT2D eigenvalue weighted by atomic mass is 9.85. The molecule has 0 fully saturated rings. The van der Waals surface area contributed by atoms with E-state index >= 15 is 0 Å². The van der Waals surface area contributed by atoms with Crippen LogP contribution in [0.15, 0.2) is 79.0 Å². The van der Waals surface area contributed by atoms with E-state index in [9.17, 15) is 18.4 Å². The lowest BCUT2D eigenvalue weighted by molar-refractivity contribution is -0.118. The zero-order valence-electron chi connectivity index (χ0n) is 23.3. The molecule has 4 aromatic rings. The standard InChI is InChI=1S/C35H31F2NO3/c1-21-12-26-9-10-27(33(26)20-34(21)41-3)17-31(40)18-28(13-23-14-29(36)19-30(37)15-23)35-32(8-5-11-38-35)25-7-4-6-24(16-25)22(2)39/h4-8,10-12,14-16,19-20,28H,9,13,17-18H2,1-3H3/t28-/m1/s1. The van der Waals surface area contributed by atoms with Gasteiger partial charge in [-0.25, -0.2) is 8.78 Å². The van der Waals surface area contributed by atoms with Gasteiger partial charge in [-0.3, -0.25) is 14.6 Å². The predicted molar refractivity (Wildman–Crippen MR) is 156 cm³/mol. The van der Waals surface area contributed by atoms with Crippen molar-refractivity contribution in [2.45, 2.75) is 45.4 Å². The van der Waals surface area contributed by atoms with E-state index in [-0.39, 0.29) is 30.8 Å². The molecule has 6 heteroatoms. The number of aryl methyl sites for hydroxylation is 1. The van der Waals surface area contributed by atoms with E-state index in [1.165, 1.54) is 19.1 Å². The van der Waals surface area contributed by atoms with Gasteiger partial charge in [0.15, 0.2) is 5.78 Å². The molecule has 208 valence electrons. The number of halogens is 2. The van der Waals surface area contributed by atoms with Crippen molar-refractivity contribution in [3.63, 3.8) is 0 Å². The number of hydrogen-bond acceptors (Lipinski definition) is 4. The number of nitrogens with zero attached hydrogens (tertiary/aromatic N) is 1. The van der Waals surface area contributed by atoms with Gasteiger partial charge in [-0.2, -0.15) is 0 Å². The number of carbonyl (C=O) groups is 2. The van der Waals surface area contributed by atoms with Gasteiger partial charge in [0, 0.05) is 42.1 Å². The van der Waals surface area contributed by atoms with Gasteiger partial charge in [0.2, 0.25) is 0 Å². The molecule has 5 rings (SSSR count). The van der Waals surface area contributed by atoms with Crippen molar-refractivity contribution in [2.75, 3.05) is 7.11 Å². The Morgan fingerprint density at radius 3 is 2.49 bits per heavy atom. The molecule has 3 aromatic carbocycles. The van der Waals surface area contributed by atoms with Crippen LogP contribution in [0.5, 0.6) is 5.75 Å². The Morgan fingerprint density at radius 1 is 0.976 bits per heavy atom. The molecule has 41 heavy (non-hydrogen) atoms. The van der Waals surface area contributed by atoms with E-state index in [0.29, 0.717) is 16.8 Å². The van der Waals surface area contributed by atoms with Crippen molar-refractivity contribution >= 4 is 17.1 Å². The van der Waals surface area contributed by atoms with Gasteiger partial charge in [-0.15, -0.1) is 0 Å². The fourth-order valence-electron chi connectivity index (χ4n) is 5.68. The summed E-state index contributed by atoms with van der Waals surface area (Å²) in [4.78, 5) is 30.4. The first kappa shape index (κ1) is 28.1. The minimum absolute atomic E-state index is 0.000364. The number of Topliss-reactive ketones (excluding diaryl/α,β-unsaturated/α-hetero) is 2. The van der Waals surface area contributed by atoms with Crippen molar-refractivity contribution in [1.29, 1.82) is 0 Å². The second-order valence-electron chi connectivity index (χ2n) is 10.6. The molecule has 1 aliphatic rings. The molecule has 4 nitrogen and oxygen atoms in total. The molecule has 0 radical (unpaired) electrons. The number of hydrogen-bond donors (Lipinski definition) is 0. The van der Waals surface area contributed by atoms with Crippen molar-refractivity contribution in [3.8, 4) is 16.9 Å². The third-order valence-corrected chi connectivity index (χ3v) is 7.61. The summed E-state index contributed by atoms with van der Waals surface area (Å²) >= 11 is 0. The molecule has 0 aliphatic heterocycles. The van der Waals surface area contributed by atoms with Gasteiger partial charge in [-0.05, 0) is 90.4 Å². The SMILES string of the molecule is COc1cc2c(cc1C)CC=C2CC(=O)C[C@@H](Cc1cc(F)cc(F)c1)c1ncccc1-c1cccc(C(C)=O)c1. The highest BCUT2D eigenvalue weighted by Crippen LogP contribution is 2.37. The summed E-state index contributed by atoms with van der Waals surface area (Å²) in [7, 11) is 1.63. The lowest BCUT2D eigenvalue weighted by Crippen LogP contribution is -2.13. The molecule has 0 saturated heterocycles. The smallest absolute Gasteiger partial charge is 0.159 e. The minimum atomic E-state index is -0.669. The van der Waals surface area contributed by atoms with Gasteiger partial charge in [-0.1, -0.05) is 36.4 Å². The first-order chi connectivity index (χ1) is 19.7. The van der Waals surface area contributed by atoms with Gasteiger partial charge in [0.1, 0.15) is 23.2 Å². The van der Waals surface area contributed by atoms with Crippen LogP contribution in [-0.2, 0) is 17.6 Å². The van der Waals surface area contributed by atoms with Crippen LogP contribution in [0, 0.1) is 18.6 Å². The fourth-order valence-corrected chi connectivity index (χ4v) is 5.68. The summed E-state index contributed by atoms with van der Waals surface area (Å²) in [6, 6.07) is 18.5. The molecule has 0 amide bonds. The summed E-state index contributed by atoms with van der Waals surface area (Å²) in [6.45, 7) is 3.51. The molecular weight excluding hydrogens is 520 g/mol. The zero-order valence-corrected chi connectivity index (χ0v) is 23.3. The largest absolute Gasteiger partial charge is 0.496 e. The molecule has 0 bridgehead atoms. The molecule has 1 aliphatic carbocycles. The van der Waals surface area contributed by atoms with Gasteiger partial charge in [0.25, 0.3) is 0 Å². The number of fused-ring (bicyclic) bond motifs is 1. The van der Waals surface area contributed by atoms with Crippen LogP contribution >= 0.6 is 0 Å². The second-order valence-corrected chi connectivity index (χ2v) is 10.6. The van der Waals surface area contributed by atoms with E-state index in [2.05, 4.69) is 17.1 Å². The van der Waals surface area contributed by atoms with Crippen molar-refractivity contribution in [1.82, 2.24) is 4.98 Å². The van der Waals surface area contributed by atoms with E-state index in [1.807, 2.05) is 31.2 Å². The molecule has 1 heterocycles. The maximum Gasteiger partial charge on any atom is 0.159 e. The average molecular weight is 552 g/mol. The van der Waals surface area contributed by atoms with Crippen molar-refractivity contribution < 1.29 is 23.1 Å². The Hall–Kier alpha value is -4.45. The van der Waals surface area contributed by atoms with Crippen LogP contribution in [0.3, 0.4) is 0 Å².